The predicted molar refractivity (Wildman–Crippen MR) is 85.5 cm³/mol. The SMILES string of the molecule is O=C(O)/C=C1\CCCc2cc(-c3ccccc3)ccc2C1O. The highest BCUT2D eigenvalue weighted by molar-refractivity contribution is 5.81. The van der Waals surface area contributed by atoms with Gasteiger partial charge in [0.2, 0.25) is 0 Å². The maximum atomic E-state index is 10.9. The molecule has 1 unspecified atom stereocenters. The van der Waals surface area contributed by atoms with Crippen LogP contribution >= 0.6 is 0 Å². The van der Waals surface area contributed by atoms with E-state index in [1.807, 2.05) is 30.3 Å². The average Bonchev–Trinajstić information content (AvgIpc) is 2.67. The number of aryl methyl sites for hydroxylation is 1. The number of fused-ring (bicyclic) bond motifs is 1. The second-order valence-corrected chi connectivity index (χ2v) is 5.59. The fraction of sp³-hybridized carbons (Fsp3) is 0.211. The first-order valence-corrected chi connectivity index (χ1v) is 7.45. The van der Waals surface area contributed by atoms with Gasteiger partial charge < -0.3 is 10.2 Å². The van der Waals surface area contributed by atoms with Crippen molar-refractivity contribution < 1.29 is 15.0 Å². The Morgan fingerprint density at radius 1 is 1.05 bits per heavy atom. The van der Waals surface area contributed by atoms with Gasteiger partial charge in [-0.2, -0.15) is 0 Å². The Kier molecular flexibility index (Phi) is 4.07. The first kappa shape index (κ1) is 14.5. The fourth-order valence-electron chi connectivity index (χ4n) is 3.03. The number of aliphatic hydroxyl groups is 1. The molecule has 0 saturated carbocycles. The van der Waals surface area contributed by atoms with Gasteiger partial charge in [-0.05, 0) is 47.1 Å². The monoisotopic (exact) mass is 294 g/mol. The van der Waals surface area contributed by atoms with E-state index in [0.717, 1.165) is 41.2 Å². The first-order valence-electron chi connectivity index (χ1n) is 7.45. The molecule has 0 heterocycles. The number of carbonyl (C=O) groups is 1. The minimum absolute atomic E-state index is 0.582. The van der Waals surface area contributed by atoms with Gasteiger partial charge in [-0.15, -0.1) is 0 Å². The van der Waals surface area contributed by atoms with Crippen molar-refractivity contribution in [3.8, 4) is 11.1 Å². The molecule has 0 aromatic heterocycles. The summed E-state index contributed by atoms with van der Waals surface area (Å²) in [6, 6.07) is 16.1. The van der Waals surface area contributed by atoms with Crippen molar-refractivity contribution in [1.29, 1.82) is 0 Å². The maximum absolute atomic E-state index is 10.9. The molecule has 112 valence electrons. The molecule has 0 amide bonds. The Morgan fingerprint density at radius 2 is 1.82 bits per heavy atom. The lowest BCUT2D eigenvalue weighted by atomic mass is 9.94. The van der Waals surface area contributed by atoms with E-state index >= 15 is 0 Å². The van der Waals surface area contributed by atoms with E-state index in [-0.39, 0.29) is 0 Å². The molecule has 0 spiro atoms. The topological polar surface area (TPSA) is 57.5 Å². The zero-order valence-corrected chi connectivity index (χ0v) is 12.2. The van der Waals surface area contributed by atoms with Crippen molar-refractivity contribution >= 4 is 5.97 Å². The molecule has 3 nitrogen and oxygen atoms in total. The Bertz CT molecular complexity index is 717. The molecular weight excluding hydrogens is 276 g/mol. The molecule has 0 radical (unpaired) electrons. The van der Waals surface area contributed by atoms with Crippen LogP contribution in [0.5, 0.6) is 0 Å². The lowest BCUT2D eigenvalue weighted by Crippen LogP contribution is -2.04. The van der Waals surface area contributed by atoms with E-state index < -0.39 is 12.1 Å². The third kappa shape index (κ3) is 2.95. The highest BCUT2D eigenvalue weighted by Crippen LogP contribution is 2.35. The molecule has 0 saturated heterocycles. The molecule has 0 fully saturated rings. The van der Waals surface area contributed by atoms with Crippen LogP contribution in [0.4, 0.5) is 0 Å². The van der Waals surface area contributed by atoms with Gasteiger partial charge in [-0.3, -0.25) is 0 Å². The van der Waals surface area contributed by atoms with E-state index in [0.29, 0.717) is 12.0 Å². The number of benzene rings is 2. The molecule has 3 heteroatoms. The minimum Gasteiger partial charge on any atom is -0.478 e. The smallest absolute Gasteiger partial charge is 0.328 e. The van der Waals surface area contributed by atoms with Crippen molar-refractivity contribution in [2.45, 2.75) is 25.4 Å². The summed E-state index contributed by atoms with van der Waals surface area (Å²) in [5.74, 6) is -1.00. The Hall–Kier alpha value is -2.39. The van der Waals surface area contributed by atoms with E-state index in [1.54, 1.807) is 0 Å². The number of carboxylic acids is 1. The minimum atomic E-state index is -1.00. The Balaban J connectivity index is 2.00. The lowest BCUT2D eigenvalue weighted by molar-refractivity contribution is -0.131. The molecule has 0 bridgehead atoms. The summed E-state index contributed by atoms with van der Waals surface area (Å²) in [6.45, 7) is 0. The van der Waals surface area contributed by atoms with Gasteiger partial charge >= 0.3 is 5.97 Å². The van der Waals surface area contributed by atoms with Crippen LogP contribution in [0.3, 0.4) is 0 Å². The number of aliphatic hydroxyl groups excluding tert-OH is 1. The maximum Gasteiger partial charge on any atom is 0.328 e. The molecule has 1 atom stereocenters. The third-order valence-corrected chi connectivity index (χ3v) is 4.12. The summed E-state index contributed by atoms with van der Waals surface area (Å²) in [5.41, 5.74) is 4.77. The normalized spacial score (nSPS) is 19.5. The molecular formula is C19H18O3. The summed E-state index contributed by atoms with van der Waals surface area (Å²) in [7, 11) is 0. The quantitative estimate of drug-likeness (QED) is 0.655. The third-order valence-electron chi connectivity index (χ3n) is 4.12. The van der Waals surface area contributed by atoms with Gasteiger partial charge in [0.15, 0.2) is 0 Å². The van der Waals surface area contributed by atoms with Crippen molar-refractivity contribution in [3.05, 3.63) is 71.3 Å². The predicted octanol–water partition coefficient (Wildman–Crippen LogP) is 3.73. The summed E-state index contributed by atoms with van der Waals surface area (Å²) in [4.78, 5) is 10.9. The van der Waals surface area contributed by atoms with Gasteiger partial charge in [0, 0.05) is 6.08 Å². The van der Waals surface area contributed by atoms with Gasteiger partial charge in [0.25, 0.3) is 0 Å². The number of rotatable bonds is 2. The lowest BCUT2D eigenvalue weighted by Gasteiger charge is -2.15. The molecule has 22 heavy (non-hydrogen) atoms. The van der Waals surface area contributed by atoms with E-state index in [9.17, 15) is 9.90 Å². The highest BCUT2D eigenvalue weighted by Gasteiger charge is 2.21. The summed E-state index contributed by atoms with van der Waals surface area (Å²) in [5, 5.41) is 19.4. The van der Waals surface area contributed by atoms with Gasteiger partial charge in [-0.25, -0.2) is 4.79 Å². The van der Waals surface area contributed by atoms with E-state index in [4.69, 9.17) is 5.11 Å². The summed E-state index contributed by atoms with van der Waals surface area (Å²) < 4.78 is 0. The van der Waals surface area contributed by atoms with Crippen LogP contribution in [0.2, 0.25) is 0 Å². The van der Waals surface area contributed by atoms with E-state index in [2.05, 4.69) is 18.2 Å². The van der Waals surface area contributed by atoms with Gasteiger partial charge in [-0.1, -0.05) is 48.5 Å². The molecule has 1 aliphatic carbocycles. The van der Waals surface area contributed by atoms with Gasteiger partial charge in [0.1, 0.15) is 6.10 Å². The summed E-state index contributed by atoms with van der Waals surface area (Å²) in [6.07, 6.45) is 2.64. The Morgan fingerprint density at radius 3 is 2.55 bits per heavy atom. The molecule has 0 aliphatic heterocycles. The number of carboxylic acid groups (broad SMARTS) is 1. The first-order chi connectivity index (χ1) is 10.6. The van der Waals surface area contributed by atoms with Crippen LogP contribution in [0.1, 0.15) is 30.1 Å². The van der Waals surface area contributed by atoms with Crippen LogP contribution in [0, 0.1) is 0 Å². The zero-order valence-electron chi connectivity index (χ0n) is 12.2. The number of aliphatic carboxylic acids is 1. The fourth-order valence-corrected chi connectivity index (χ4v) is 3.03. The highest BCUT2D eigenvalue weighted by atomic mass is 16.4. The summed E-state index contributed by atoms with van der Waals surface area (Å²) >= 11 is 0. The number of hydrogen-bond donors (Lipinski definition) is 2. The second kappa shape index (κ2) is 6.16. The van der Waals surface area contributed by atoms with Crippen LogP contribution < -0.4 is 0 Å². The van der Waals surface area contributed by atoms with Crippen molar-refractivity contribution in [1.82, 2.24) is 0 Å². The second-order valence-electron chi connectivity index (χ2n) is 5.59. The van der Waals surface area contributed by atoms with Crippen molar-refractivity contribution in [2.75, 3.05) is 0 Å². The van der Waals surface area contributed by atoms with Crippen LogP contribution in [-0.2, 0) is 11.2 Å². The molecule has 2 aromatic carbocycles. The van der Waals surface area contributed by atoms with Crippen molar-refractivity contribution in [3.63, 3.8) is 0 Å². The van der Waals surface area contributed by atoms with Crippen molar-refractivity contribution in [2.24, 2.45) is 0 Å². The Labute approximate surface area is 129 Å². The number of hydrogen-bond acceptors (Lipinski definition) is 2. The van der Waals surface area contributed by atoms with Crippen LogP contribution in [-0.4, -0.2) is 16.2 Å². The van der Waals surface area contributed by atoms with Crippen LogP contribution in [0.15, 0.2) is 60.2 Å². The average molecular weight is 294 g/mol. The standard InChI is InChI=1S/C19H18O3/c20-18(21)12-16-8-4-7-15-11-14(9-10-17(15)19(16)22)13-5-2-1-3-6-13/h1-3,5-6,9-12,19,22H,4,7-8H2,(H,20,21)/b16-12+. The van der Waals surface area contributed by atoms with Crippen LogP contribution in [0.25, 0.3) is 11.1 Å². The molecule has 2 aromatic rings. The molecule has 3 rings (SSSR count). The van der Waals surface area contributed by atoms with E-state index in [1.165, 1.54) is 0 Å². The molecule has 2 N–H and O–H groups in total. The largest absolute Gasteiger partial charge is 0.478 e. The molecule has 1 aliphatic rings. The van der Waals surface area contributed by atoms with Gasteiger partial charge in [0.05, 0.1) is 0 Å². The zero-order chi connectivity index (χ0) is 15.5.